The highest BCUT2D eigenvalue weighted by Crippen LogP contribution is 2.48. The summed E-state index contributed by atoms with van der Waals surface area (Å²) in [7, 11) is 0. The van der Waals surface area contributed by atoms with E-state index in [1.54, 1.807) is 0 Å². The van der Waals surface area contributed by atoms with Gasteiger partial charge >= 0.3 is 6.23 Å². The van der Waals surface area contributed by atoms with Gasteiger partial charge in [0, 0.05) is 5.69 Å². The number of hydrogen-bond donors (Lipinski definition) is 1. The molecule has 1 aromatic carbocycles. The molecular formula is C18H22ClFN2O4. The lowest BCUT2D eigenvalue weighted by Gasteiger charge is -2.30. The number of halogens is 2. The summed E-state index contributed by atoms with van der Waals surface area (Å²) in [5.41, 5.74) is -0.256. The summed E-state index contributed by atoms with van der Waals surface area (Å²) in [4.78, 5) is 23.7. The summed E-state index contributed by atoms with van der Waals surface area (Å²) in [5, 5.41) is 14.1. The predicted molar refractivity (Wildman–Crippen MR) is 95.1 cm³/mol. The molecule has 1 saturated heterocycles. The van der Waals surface area contributed by atoms with Gasteiger partial charge < -0.3 is 10.1 Å². The van der Waals surface area contributed by atoms with Gasteiger partial charge in [-0.2, -0.15) is 0 Å². The van der Waals surface area contributed by atoms with Crippen LogP contribution in [0.2, 0.25) is 5.02 Å². The van der Waals surface area contributed by atoms with E-state index in [4.69, 9.17) is 16.3 Å². The smallest absolute Gasteiger partial charge is 0.321 e. The topological polar surface area (TPSA) is 81.5 Å². The Morgan fingerprint density at radius 3 is 2.54 bits per heavy atom. The summed E-state index contributed by atoms with van der Waals surface area (Å²) >= 11 is 5.73. The van der Waals surface area contributed by atoms with Gasteiger partial charge in [-0.05, 0) is 37.5 Å². The normalized spacial score (nSPS) is 25.5. The zero-order valence-corrected chi connectivity index (χ0v) is 15.1. The fraction of sp³-hybridized carbons (Fsp3) is 0.611. The maximum atomic E-state index is 13.2. The molecule has 0 bridgehead atoms. The zero-order chi connectivity index (χ0) is 18.7. The van der Waals surface area contributed by atoms with E-state index in [1.807, 2.05) is 0 Å². The van der Waals surface area contributed by atoms with Crippen LogP contribution in [0.1, 0.15) is 51.4 Å². The molecule has 2 fully saturated rings. The molecule has 1 amide bonds. The zero-order valence-electron chi connectivity index (χ0n) is 14.4. The molecule has 2 unspecified atom stereocenters. The summed E-state index contributed by atoms with van der Waals surface area (Å²) in [6.07, 6.45) is 4.76. The van der Waals surface area contributed by atoms with E-state index in [9.17, 15) is 19.3 Å². The molecule has 6 nitrogen and oxygen atoms in total. The van der Waals surface area contributed by atoms with E-state index in [0.717, 1.165) is 38.2 Å². The number of carbonyl (C=O) groups excluding carboxylic acids is 1. The molecule has 1 aliphatic carbocycles. The average Bonchev–Trinajstić information content (AvgIpc) is 2.95. The Morgan fingerprint density at radius 1 is 1.27 bits per heavy atom. The number of nitro groups is 1. The van der Waals surface area contributed by atoms with Crippen LogP contribution in [0.4, 0.5) is 10.1 Å². The third-order valence-corrected chi connectivity index (χ3v) is 5.72. The lowest BCUT2D eigenvalue weighted by atomic mass is 9.73. The molecule has 0 radical (unpaired) electrons. The number of carbonyl (C=O) groups is 1. The Kier molecular flexibility index (Phi) is 5.77. The lowest BCUT2D eigenvalue weighted by molar-refractivity contribution is -0.588. The Bertz CT molecular complexity index is 692. The molecule has 1 aliphatic heterocycles. The van der Waals surface area contributed by atoms with Gasteiger partial charge in [0.15, 0.2) is 0 Å². The van der Waals surface area contributed by atoms with E-state index in [1.165, 1.54) is 12.1 Å². The van der Waals surface area contributed by atoms with Crippen molar-refractivity contribution in [3.8, 4) is 0 Å². The number of rotatable bonds is 3. The van der Waals surface area contributed by atoms with Crippen molar-refractivity contribution in [2.75, 3.05) is 5.32 Å². The van der Waals surface area contributed by atoms with Gasteiger partial charge in [0.05, 0.1) is 15.4 Å². The van der Waals surface area contributed by atoms with Crippen molar-refractivity contribution in [3.63, 3.8) is 0 Å². The van der Waals surface area contributed by atoms with E-state index >= 15 is 0 Å². The van der Waals surface area contributed by atoms with E-state index in [-0.39, 0.29) is 5.02 Å². The predicted octanol–water partition coefficient (Wildman–Crippen LogP) is 4.54. The number of benzene rings is 1. The molecule has 1 aromatic rings. The number of anilines is 1. The molecule has 1 spiro atoms. The van der Waals surface area contributed by atoms with Gasteiger partial charge in [0.2, 0.25) is 0 Å². The fourth-order valence-corrected chi connectivity index (χ4v) is 4.28. The molecule has 1 saturated carbocycles. The van der Waals surface area contributed by atoms with Crippen LogP contribution in [0.5, 0.6) is 0 Å². The highest BCUT2D eigenvalue weighted by atomic mass is 35.5. The maximum absolute atomic E-state index is 13.2. The van der Waals surface area contributed by atoms with Crippen molar-refractivity contribution in [2.24, 2.45) is 5.41 Å². The molecule has 8 heteroatoms. The quantitative estimate of drug-likeness (QED) is 0.612. The molecule has 1 N–H and O–H groups in total. The molecule has 3 rings (SSSR count). The summed E-state index contributed by atoms with van der Waals surface area (Å²) < 4.78 is 18.8. The van der Waals surface area contributed by atoms with Gasteiger partial charge in [-0.15, -0.1) is 0 Å². The third-order valence-electron chi connectivity index (χ3n) is 5.43. The van der Waals surface area contributed by atoms with E-state index in [0.29, 0.717) is 24.9 Å². The van der Waals surface area contributed by atoms with Crippen LogP contribution in [0.25, 0.3) is 0 Å². The number of nitrogens with zero attached hydrogens (tertiary/aromatic N) is 1. The summed E-state index contributed by atoms with van der Waals surface area (Å²) in [5.74, 6) is -1.04. The van der Waals surface area contributed by atoms with Crippen molar-refractivity contribution in [1.29, 1.82) is 0 Å². The van der Waals surface area contributed by atoms with Gasteiger partial charge in [0.1, 0.15) is 11.9 Å². The molecule has 26 heavy (non-hydrogen) atoms. The third kappa shape index (κ3) is 3.99. The first-order chi connectivity index (χ1) is 12.4. The first-order valence-corrected chi connectivity index (χ1v) is 9.34. The van der Waals surface area contributed by atoms with Gasteiger partial charge in [-0.25, -0.2) is 4.39 Å². The number of hydrogen-bond acceptors (Lipinski definition) is 4. The van der Waals surface area contributed by atoms with Crippen LogP contribution >= 0.6 is 11.6 Å². The van der Waals surface area contributed by atoms with Crippen molar-refractivity contribution < 1.29 is 18.8 Å². The van der Waals surface area contributed by atoms with Crippen LogP contribution < -0.4 is 5.32 Å². The van der Waals surface area contributed by atoms with Crippen LogP contribution in [-0.4, -0.2) is 23.2 Å². The number of ether oxygens (including phenoxy) is 1. The van der Waals surface area contributed by atoms with Crippen LogP contribution in [0, 0.1) is 21.3 Å². The molecule has 1 heterocycles. The Labute approximate surface area is 156 Å². The Balaban J connectivity index is 1.74. The SMILES string of the molecule is O=C(Nc1ccc(F)c(Cl)c1)C1CC2(CCCCCCC2)C([N+](=O)[O-])O1. The largest absolute Gasteiger partial charge is 0.324 e. The molecule has 2 atom stereocenters. The minimum atomic E-state index is -1.16. The first kappa shape index (κ1) is 19.0. The minimum absolute atomic E-state index is 0.102. The molecule has 142 valence electrons. The summed E-state index contributed by atoms with van der Waals surface area (Å²) in [6.45, 7) is 0. The lowest BCUT2D eigenvalue weighted by Crippen LogP contribution is -2.37. The average molecular weight is 385 g/mol. The van der Waals surface area contributed by atoms with E-state index < -0.39 is 34.4 Å². The van der Waals surface area contributed by atoms with Crippen LogP contribution in [0.15, 0.2) is 18.2 Å². The second-order valence-electron chi connectivity index (χ2n) is 7.21. The fourth-order valence-electron chi connectivity index (χ4n) is 4.10. The van der Waals surface area contributed by atoms with Crippen molar-refractivity contribution >= 4 is 23.2 Å². The number of amides is 1. The van der Waals surface area contributed by atoms with Crippen LogP contribution in [0.3, 0.4) is 0 Å². The Hall–Kier alpha value is -1.73. The van der Waals surface area contributed by atoms with Crippen molar-refractivity contribution in [2.45, 2.75) is 63.7 Å². The van der Waals surface area contributed by atoms with Gasteiger partial charge in [-0.1, -0.05) is 43.7 Å². The molecule has 0 aromatic heterocycles. The molecule has 2 aliphatic rings. The second kappa shape index (κ2) is 7.88. The van der Waals surface area contributed by atoms with Crippen molar-refractivity contribution in [3.05, 3.63) is 39.2 Å². The molecular weight excluding hydrogens is 363 g/mol. The first-order valence-electron chi connectivity index (χ1n) is 8.96. The Morgan fingerprint density at radius 2 is 1.92 bits per heavy atom. The monoisotopic (exact) mass is 384 g/mol. The summed E-state index contributed by atoms with van der Waals surface area (Å²) in [6, 6.07) is 3.86. The van der Waals surface area contributed by atoms with E-state index in [2.05, 4.69) is 5.32 Å². The highest BCUT2D eigenvalue weighted by molar-refractivity contribution is 6.31. The maximum Gasteiger partial charge on any atom is 0.321 e. The second-order valence-corrected chi connectivity index (χ2v) is 7.62. The standard InChI is InChI=1S/C18H22ClFN2O4/c19-13-10-12(6-7-14(13)20)21-16(23)15-11-18(17(26-15)22(24)25)8-4-2-1-3-5-9-18/h6-7,10,15,17H,1-5,8-9,11H2,(H,21,23). The van der Waals surface area contributed by atoms with Gasteiger partial charge in [-0.3, -0.25) is 14.9 Å². The minimum Gasteiger partial charge on any atom is -0.324 e. The number of nitrogens with one attached hydrogen (secondary N) is 1. The highest BCUT2D eigenvalue weighted by Gasteiger charge is 2.56. The van der Waals surface area contributed by atoms with Crippen molar-refractivity contribution in [1.82, 2.24) is 0 Å². The van der Waals surface area contributed by atoms with Crippen LogP contribution in [-0.2, 0) is 9.53 Å². The van der Waals surface area contributed by atoms with Gasteiger partial charge in [0.25, 0.3) is 5.91 Å².